The number of fused-ring (bicyclic) bond motifs is 6. The van der Waals surface area contributed by atoms with Crippen LogP contribution in [0.5, 0.6) is 0 Å². The number of benzene rings is 3. The smallest absolute Gasteiger partial charge is 0.0880 e. The Morgan fingerprint density at radius 2 is 1.55 bits per heavy atom. The van der Waals surface area contributed by atoms with Crippen LogP contribution < -0.4 is 0 Å². The summed E-state index contributed by atoms with van der Waals surface area (Å²) in [5.74, 6) is 0. The summed E-state index contributed by atoms with van der Waals surface area (Å²) in [6.45, 7) is 9.07. The van der Waals surface area contributed by atoms with Crippen LogP contribution in [-0.4, -0.2) is 4.98 Å². The maximum atomic E-state index is 4.90. The molecule has 1 nitrogen and oxygen atoms in total. The number of nitrogens with zero attached hydrogens (tertiary/aromatic N) is 1. The zero-order valence-corrected chi connectivity index (χ0v) is 19.7. The van der Waals surface area contributed by atoms with Crippen LogP contribution in [0, 0.1) is 6.92 Å². The van der Waals surface area contributed by atoms with Crippen molar-refractivity contribution in [1.29, 1.82) is 0 Å². The molecule has 3 aromatic carbocycles. The zero-order valence-electron chi connectivity index (χ0n) is 18.1. The Labute approximate surface area is 190 Å². The summed E-state index contributed by atoms with van der Waals surface area (Å²) >= 11 is 3.76. The van der Waals surface area contributed by atoms with E-state index in [1.807, 2.05) is 28.9 Å². The van der Waals surface area contributed by atoms with Crippen molar-refractivity contribution in [2.24, 2.45) is 0 Å². The number of thiophene rings is 2. The molecule has 0 radical (unpaired) electrons. The van der Waals surface area contributed by atoms with E-state index in [2.05, 4.69) is 88.4 Å². The average Bonchev–Trinajstić information content (AvgIpc) is 3.31. The molecule has 0 amide bonds. The van der Waals surface area contributed by atoms with Gasteiger partial charge in [0.05, 0.1) is 10.4 Å². The molecule has 0 bridgehead atoms. The van der Waals surface area contributed by atoms with Gasteiger partial charge in [-0.15, -0.1) is 22.7 Å². The van der Waals surface area contributed by atoms with Gasteiger partial charge in [-0.3, -0.25) is 4.98 Å². The van der Waals surface area contributed by atoms with E-state index in [1.54, 1.807) is 0 Å². The maximum Gasteiger partial charge on any atom is 0.0880 e. The first-order valence-electron chi connectivity index (χ1n) is 10.6. The van der Waals surface area contributed by atoms with E-state index in [4.69, 9.17) is 4.98 Å². The SMILES string of the molecule is Cc1cc2c(ccc3c4ccnc(-c5cc(C(C)(C)C)c6ccccc6c5)c4sc23)s1. The van der Waals surface area contributed by atoms with Gasteiger partial charge in [0.25, 0.3) is 0 Å². The monoisotopic (exact) mass is 437 g/mol. The zero-order chi connectivity index (χ0) is 21.3. The van der Waals surface area contributed by atoms with E-state index in [-0.39, 0.29) is 5.41 Å². The molecule has 0 spiro atoms. The minimum atomic E-state index is 0.0596. The van der Waals surface area contributed by atoms with E-state index in [0.717, 1.165) is 5.69 Å². The first kappa shape index (κ1) is 19.0. The second kappa shape index (κ2) is 6.62. The fourth-order valence-corrected chi connectivity index (χ4v) is 7.00. The van der Waals surface area contributed by atoms with Crippen LogP contribution in [0.2, 0.25) is 0 Å². The summed E-state index contributed by atoms with van der Waals surface area (Å²) in [5, 5.41) is 6.63. The van der Waals surface area contributed by atoms with E-state index in [0.29, 0.717) is 0 Å². The standard InChI is InChI=1S/C28H23NS2/c1-16-13-22-24(30-16)10-9-20-21-11-12-29-25(27(21)31-26(20)22)18-14-17-7-5-6-8-19(17)23(15-18)28(2,3)4/h5-15H,1-4H3. The predicted molar refractivity (Wildman–Crippen MR) is 139 cm³/mol. The van der Waals surface area contributed by atoms with Gasteiger partial charge in [0.15, 0.2) is 0 Å². The summed E-state index contributed by atoms with van der Waals surface area (Å²) in [6, 6.07) is 22.5. The fraction of sp³-hybridized carbons (Fsp3) is 0.179. The number of hydrogen-bond acceptors (Lipinski definition) is 3. The normalized spacial score (nSPS) is 12.5. The Morgan fingerprint density at radius 1 is 0.742 bits per heavy atom. The van der Waals surface area contributed by atoms with Crippen molar-refractivity contribution in [3.8, 4) is 11.3 Å². The molecule has 0 N–H and O–H groups in total. The molecule has 3 aromatic heterocycles. The van der Waals surface area contributed by atoms with Crippen molar-refractivity contribution in [3.63, 3.8) is 0 Å². The Morgan fingerprint density at radius 3 is 2.39 bits per heavy atom. The third-order valence-electron chi connectivity index (χ3n) is 6.12. The minimum Gasteiger partial charge on any atom is -0.255 e. The number of aromatic nitrogens is 1. The molecule has 0 aliphatic carbocycles. The van der Waals surface area contributed by atoms with Gasteiger partial charge in [-0.1, -0.05) is 51.1 Å². The van der Waals surface area contributed by atoms with Gasteiger partial charge in [0.1, 0.15) is 0 Å². The van der Waals surface area contributed by atoms with Gasteiger partial charge < -0.3 is 0 Å². The summed E-state index contributed by atoms with van der Waals surface area (Å²) in [7, 11) is 0. The fourth-order valence-electron chi connectivity index (χ4n) is 4.67. The second-order valence-corrected chi connectivity index (χ2v) is 11.7. The molecule has 152 valence electrons. The van der Waals surface area contributed by atoms with Gasteiger partial charge >= 0.3 is 0 Å². The number of aryl methyl sites for hydroxylation is 1. The Kier molecular flexibility index (Phi) is 4.05. The van der Waals surface area contributed by atoms with Crippen molar-refractivity contribution >= 4 is 63.7 Å². The molecule has 3 heterocycles. The van der Waals surface area contributed by atoms with E-state index in [1.165, 1.54) is 57.0 Å². The highest BCUT2D eigenvalue weighted by Crippen LogP contribution is 2.44. The first-order valence-corrected chi connectivity index (χ1v) is 12.3. The van der Waals surface area contributed by atoms with Crippen LogP contribution in [0.25, 0.3) is 52.3 Å². The van der Waals surface area contributed by atoms with Crippen LogP contribution in [-0.2, 0) is 5.41 Å². The molecule has 3 heteroatoms. The van der Waals surface area contributed by atoms with Gasteiger partial charge in [-0.2, -0.15) is 0 Å². The molecule has 0 saturated heterocycles. The predicted octanol–water partition coefficient (Wildman–Crippen LogP) is 9.09. The topological polar surface area (TPSA) is 12.9 Å². The third-order valence-corrected chi connectivity index (χ3v) is 8.39. The highest BCUT2D eigenvalue weighted by atomic mass is 32.1. The Hall–Kier alpha value is -2.75. The number of hydrogen-bond donors (Lipinski definition) is 0. The molecular formula is C28H23NS2. The lowest BCUT2D eigenvalue weighted by Crippen LogP contribution is -2.12. The van der Waals surface area contributed by atoms with Crippen molar-refractivity contribution in [2.45, 2.75) is 33.1 Å². The molecule has 31 heavy (non-hydrogen) atoms. The lowest BCUT2D eigenvalue weighted by molar-refractivity contribution is 0.596. The van der Waals surface area contributed by atoms with Crippen LogP contribution in [0.4, 0.5) is 0 Å². The molecule has 0 aliphatic heterocycles. The summed E-state index contributed by atoms with van der Waals surface area (Å²) < 4.78 is 4.03. The van der Waals surface area contributed by atoms with E-state index in [9.17, 15) is 0 Å². The van der Waals surface area contributed by atoms with Gasteiger partial charge in [-0.25, -0.2) is 0 Å². The summed E-state index contributed by atoms with van der Waals surface area (Å²) in [6.07, 6.45) is 1.97. The molecule has 0 unspecified atom stereocenters. The van der Waals surface area contributed by atoms with Crippen LogP contribution in [0.15, 0.2) is 66.9 Å². The molecule has 0 fully saturated rings. The van der Waals surface area contributed by atoms with E-state index >= 15 is 0 Å². The molecule has 0 aliphatic rings. The van der Waals surface area contributed by atoms with E-state index < -0.39 is 0 Å². The Bertz CT molecular complexity index is 1630. The quantitative estimate of drug-likeness (QED) is 0.250. The Balaban J connectivity index is 1.70. The van der Waals surface area contributed by atoms with Crippen LogP contribution in [0.1, 0.15) is 31.2 Å². The van der Waals surface area contributed by atoms with Gasteiger partial charge in [0, 0.05) is 42.2 Å². The summed E-state index contributed by atoms with van der Waals surface area (Å²) in [4.78, 5) is 6.26. The lowest BCUT2D eigenvalue weighted by Gasteiger charge is -2.22. The van der Waals surface area contributed by atoms with Gasteiger partial charge in [0.2, 0.25) is 0 Å². The van der Waals surface area contributed by atoms with Crippen LogP contribution in [0.3, 0.4) is 0 Å². The van der Waals surface area contributed by atoms with Crippen molar-refractivity contribution in [2.75, 3.05) is 0 Å². The molecular weight excluding hydrogens is 414 g/mol. The molecule has 6 aromatic rings. The van der Waals surface area contributed by atoms with Crippen molar-refractivity contribution in [3.05, 3.63) is 77.3 Å². The van der Waals surface area contributed by atoms with Gasteiger partial charge in [-0.05, 0) is 59.0 Å². The lowest BCUT2D eigenvalue weighted by atomic mass is 9.82. The number of rotatable bonds is 1. The number of pyridine rings is 1. The highest BCUT2D eigenvalue weighted by molar-refractivity contribution is 7.28. The minimum absolute atomic E-state index is 0.0596. The second-order valence-electron chi connectivity index (χ2n) is 9.34. The summed E-state index contributed by atoms with van der Waals surface area (Å²) in [5.41, 5.74) is 3.73. The highest BCUT2D eigenvalue weighted by Gasteiger charge is 2.20. The maximum absolute atomic E-state index is 4.90. The average molecular weight is 438 g/mol. The van der Waals surface area contributed by atoms with Crippen molar-refractivity contribution < 1.29 is 0 Å². The molecule has 6 rings (SSSR count). The first-order chi connectivity index (χ1) is 14.9. The molecule has 0 atom stereocenters. The third kappa shape index (κ3) is 2.91. The largest absolute Gasteiger partial charge is 0.255 e. The molecule has 0 saturated carbocycles. The van der Waals surface area contributed by atoms with Crippen LogP contribution >= 0.6 is 22.7 Å². The van der Waals surface area contributed by atoms with Crippen molar-refractivity contribution in [1.82, 2.24) is 4.98 Å².